The summed E-state index contributed by atoms with van der Waals surface area (Å²) in [5.41, 5.74) is 4.92. The van der Waals surface area contributed by atoms with Gasteiger partial charge in [0.2, 0.25) is 0 Å². The minimum absolute atomic E-state index is 0.0994. The van der Waals surface area contributed by atoms with E-state index in [9.17, 15) is 0 Å². The Hall–Kier alpha value is -0.710. The largest absolute Gasteiger partial charge is 0.305 e. The number of nitrogens with zero attached hydrogens (tertiary/aromatic N) is 1. The fourth-order valence-corrected chi connectivity index (χ4v) is 3.50. The molecular weight excluding hydrogens is 380 g/mol. The lowest BCUT2D eigenvalue weighted by Crippen LogP contribution is -2.24. The number of benzene rings is 1. The molecule has 0 radical (unpaired) electrons. The van der Waals surface area contributed by atoms with Gasteiger partial charge in [-0.25, -0.2) is 0 Å². The number of rotatable bonds is 4. The number of halogens is 2. The van der Waals surface area contributed by atoms with Crippen LogP contribution in [0.2, 0.25) is 0 Å². The average Bonchev–Trinajstić information content (AvgIpc) is 2.40. The Bertz CT molecular complexity index is 611. The third kappa shape index (κ3) is 3.30. The SMILES string of the molecule is CCNC(c1cccc(C)c1C)c1ncc(Br)cc1Br. The molecule has 0 amide bonds. The molecule has 2 rings (SSSR count). The standard InChI is InChI=1S/C16H18Br2N2/c1-4-19-15(13-7-5-6-10(2)11(13)3)16-14(18)8-12(17)9-20-16/h5-9,15,19H,4H2,1-3H3. The van der Waals surface area contributed by atoms with E-state index in [1.165, 1.54) is 16.7 Å². The predicted molar refractivity (Wildman–Crippen MR) is 91.1 cm³/mol. The van der Waals surface area contributed by atoms with E-state index in [0.29, 0.717) is 0 Å². The summed E-state index contributed by atoms with van der Waals surface area (Å²) < 4.78 is 1.99. The van der Waals surface area contributed by atoms with E-state index < -0.39 is 0 Å². The molecule has 1 aromatic carbocycles. The summed E-state index contributed by atoms with van der Waals surface area (Å²) in [6, 6.07) is 8.56. The lowest BCUT2D eigenvalue weighted by molar-refractivity contribution is 0.609. The van der Waals surface area contributed by atoms with Gasteiger partial charge in [-0.15, -0.1) is 0 Å². The Morgan fingerprint density at radius 3 is 2.65 bits per heavy atom. The van der Waals surface area contributed by atoms with Gasteiger partial charge in [-0.2, -0.15) is 0 Å². The second kappa shape index (κ2) is 6.83. The zero-order valence-electron chi connectivity index (χ0n) is 11.9. The molecule has 0 bridgehead atoms. The van der Waals surface area contributed by atoms with E-state index >= 15 is 0 Å². The zero-order chi connectivity index (χ0) is 14.7. The molecule has 0 saturated carbocycles. The first-order valence-electron chi connectivity index (χ1n) is 6.65. The maximum atomic E-state index is 4.59. The van der Waals surface area contributed by atoms with Gasteiger partial charge in [0.1, 0.15) is 0 Å². The maximum absolute atomic E-state index is 4.59. The number of hydrogen-bond donors (Lipinski definition) is 1. The van der Waals surface area contributed by atoms with Crippen molar-refractivity contribution in [2.75, 3.05) is 6.54 Å². The van der Waals surface area contributed by atoms with E-state index in [0.717, 1.165) is 21.2 Å². The topological polar surface area (TPSA) is 24.9 Å². The number of hydrogen-bond acceptors (Lipinski definition) is 2. The third-order valence-corrected chi connectivity index (χ3v) is 4.54. The van der Waals surface area contributed by atoms with E-state index in [-0.39, 0.29) is 6.04 Å². The summed E-state index contributed by atoms with van der Waals surface area (Å²) in [4.78, 5) is 4.59. The van der Waals surface area contributed by atoms with Crippen LogP contribution >= 0.6 is 31.9 Å². The molecule has 1 atom stereocenters. The molecule has 2 nitrogen and oxygen atoms in total. The molecular formula is C16H18Br2N2. The van der Waals surface area contributed by atoms with Crippen molar-refractivity contribution in [3.8, 4) is 0 Å². The third-order valence-electron chi connectivity index (χ3n) is 3.48. The Morgan fingerprint density at radius 2 is 2.00 bits per heavy atom. The van der Waals surface area contributed by atoms with Crippen LogP contribution in [0.4, 0.5) is 0 Å². The van der Waals surface area contributed by atoms with Crippen LogP contribution in [0.5, 0.6) is 0 Å². The summed E-state index contributed by atoms with van der Waals surface area (Å²) in [5.74, 6) is 0. The molecule has 2 aromatic rings. The van der Waals surface area contributed by atoms with E-state index in [4.69, 9.17) is 0 Å². The van der Waals surface area contributed by atoms with Crippen molar-refractivity contribution in [3.05, 3.63) is 61.8 Å². The predicted octanol–water partition coefficient (Wildman–Crippen LogP) is 4.92. The number of aryl methyl sites for hydroxylation is 1. The Kier molecular flexibility index (Phi) is 5.35. The molecule has 1 unspecified atom stereocenters. The highest BCUT2D eigenvalue weighted by Gasteiger charge is 2.19. The average molecular weight is 398 g/mol. The van der Waals surface area contributed by atoms with Gasteiger partial charge >= 0.3 is 0 Å². The highest BCUT2D eigenvalue weighted by Crippen LogP contribution is 2.31. The van der Waals surface area contributed by atoms with Crippen molar-refractivity contribution >= 4 is 31.9 Å². The second-order valence-corrected chi connectivity index (χ2v) is 6.57. The van der Waals surface area contributed by atoms with Crippen molar-refractivity contribution in [3.63, 3.8) is 0 Å². The highest BCUT2D eigenvalue weighted by atomic mass is 79.9. The molecule has 106 valence electrons. The van der Waals surface area contributed by atoms with Crippen LogP contribution in [0.1, 0.15) is 35.3 Å². The van der Waals surface area contributed by atoms with E-state index in [2.05, 4.69) is 81.1 Å². The minimum Gasteiger partial charge on any atom is -0.305 e. The molecule has 20 heavy (non-hydrogen) atoms. The highest BCUT2D eigenvalue weighted by molar-refractivity contribution is 9.11. The van der Waals surface area contributed by atoms with Gasteiger partial charge in [0, 0.05) is 15.1 Å². The van der Waals surface area contributed by atoms with Crippen molar-refractivity contribution in [1.82, 2.24) is 10.3 Å². The zero-order valence-corrected chi connectivity index (χ0v) is 15.0. The van der Waals surface area contributed by atoms with Crippen LogP contribution in [0.15, 0.2) is 39.4 Å². The number of aromatic nitrogens is 1. The first-order chi connectivity index (χ1) is 9.54. The van der Waals surface area contributed by atoms with E-state index in [1.54, 1.807) is 0 Å². The second-order valence-electron chi connectivity index (χ2n) is 4.80. The molecule has 0 aliphatic heterocycles. The lowest BCUT2D eigenvalue weighted by atomic mass is 9.95. The minimum atomic E-state index is 0.0994. The molecule has 1 N–H and O–H groups in total. The molecule has 0 aliphatic rings. The Morgan fingerprint density at radius 1 is 1.25 bits per heavy atom. The normalized spacial score (nSPS) is 12.4. The van der Waals surface area contributed by atoms with Crippen LogP contribution in [0.3, 0.4) is 0 Å². The van der Waals surface area contributed by atoms with Crippen molar-refractivity contribution < 1.29 is 0 Å². The van der Waals surface area contributed by atoms with Gasteiger partial charge in [0.25, 0.3) is 0 Å². The van der Waals surface area contributed by atoms with Crippen molar-refractivity contribution in [2.24, 2.45) is 0 Å². The molecule has 0 fully saturated rings. The van der Waals surface area contributed by atoms with E-state index in [1.807, 2.05) is 12.3 Å². The van der Waals surface area contributed by atoms with Gasteiger partial charge in [0.05, 0.1) is 11.7 Å². The fourth-order valence-electron chi connectivity index (χ4n) is 2.28. The van der Waals surface area contributed by atoms with Gasteiger partial charge < -0.3 is 5.32 Å². The number of nitrogens with one attached hydrogen (secondary N) is 1. The van der Waals surface area contributed by atoms with Crippen molar-refractivity contribution in [2.45, 2.75) is 26.8 Å². The van der Waals surface area contributed by atoms with Crippen LogP contribution in [0.25, 0.3) is 0 Å². The first-order valence-corrected chi connectivity index (χ1v) is 8.23. The van der Waals surface area contributed by atoms with Crippen molar-refractivity contribution in [1.29, 1.82) is 0 Å². The molecule has 4 heteroatoms. The summed E-state index contributed by atoms with van der Waals surface area (Å²) in [6.07, 6.45) is 1.84. The molecule has 1 heterocycles. The van der Waals surface area contributed by atoms with Gasteiger partial charge in [0.15, 0.2) is 0 Å². The number of pyridine rings is 1. The van der Waals surface area contributed by atoms with Crippen LogP contribution in [-0.2, 0) is 0 Å². The smallest absolute Gasteiger partial charge is 0.0765 e. The summed E-state index contributed by atoms with van der Waals surface area (Å²) >= 11 is 7.08. The fraction of sp³-hybridized carbons (Fsp3) is 0.312. The molecule has 1 aromatic heterocycles. The first kappa shape index (κ1) is 15.7. The maximum Gasteiger partial charge on any atom is 0.0765 e. The van der Waals surface area contributed by atoms with Crippen LogP contribution in [-0.4, -0.2) is 11.5 Å². The van der Waals surface area contributed by atoms with Crippen LogP contribution in [0, 0.1) is 13.8 Å². The molecule has 0 saturated heterocycles. The molecule has 0 aliphatic carbocycles. The monoisotopic (exact) mass is 396 g/mol. The summed E-state index contributed by atoms with van der Waals surface area (Å²) in [7, 11) is 0. The Balaban J connectivity index is 2.53. The van der Waals surface area contributed by atoms with Gasteiger partial charge in [-0.3, -0.25) is 4.98 Å². The lowest BCUT2D eigenvalue weighted by Gasteiger charge is -2.22. The quantitative estimate of drug-likeness (QED) is 0.791. The van der Waals surface area contributed by atoms with Gasteiger partial charge in [-0.1, -0.05) is 25.1 Å². The Labute approximate surface area is 137 Å². The van der Waals surface area contributed by atoms with Gasteiger partial charge in [-0.05, 0) is 75.0 Å². The summed E-state index contributed by atoms with van der Waals surface area (Å²) in [6.45, 7) is 7.32. The summed E-state index contributed by atoms with van der Waals surface area (Å²) in [5, 5.41) is 3.54. The molecule has 0 spiro atoms. The van der Waals surface area contributed by atoms with Crippen LogP contribution < -0.4 is 5.32 Å².